The van der Waals surface area contributed by atoms with E-state index >= 15 is 0 Å². The summed E-state index contributed by atoms with van der Waals surface area (Å²) in [5.41, 5.74) is 1.19. The van der Waals surface area contributed by atoms with E-state index in [-0.39, 0.29) is 0 Å². The fraction of sp³-hybridized carbons (Fsp3) is 0.786. The van der Waals surface area contributed by atoms with Gasteiger partial charge in [0.15, 0.2) is 5.13 Å². The Balaban J connectivity index is 1.89. The first-order valence-corrected chi connectivity index (χ1v) is 7.78. The van der Waals surface area contributed by atoms with Crippen molar-refractivity contribution in [1.82, 2.24) is 10.3 Å². The summed E-state index contributed by atoms with van der Waals surface area (Å²) in [6.07, 6.45) is 3.92. The summed E-state index contributed by atoms with van der Waals surface area (Å²) in [7, 11) is 2.15. The van der Waals surface area contributed by atoms with Gasteiger partial charge in [0, 0.05) is 31.1 Å². The van der Waals surface area contributed by atoms with Crippen molar-refractivity contribution in [2.45, 2.75) is 52.6 Å². The SMILES string of the molecule is Cc1nc(N(C)CCC(C)C)sc1CNC1CC1. The first-order valence-electron chi connectivity index (χ1n) is 6.97. The molecule has 0 radical (unpaired) electrons. The summed E-state index contributed by atoms with van der Waals surface area (Å²) in [6.45, 7) is 8.75. The number of nitrogens with zero attached hydrogens (tertiary/aromatic N) is 2. The largest absolute Gasteiger partial charge is 0.351 e. The maximum Gasteiger partial charge on any atom is 0.185 e. The van der Waals surface area contributed by atoms with E-state index in [1.54, 1.807) is 0 Å². The van der Waals surface area contributed by atoms with Crippen LogP contribution in [0.1, 0.15) is 43.7 Å². The molecule has 1 aromatic heterocycles. The van der Waals surface area contributed by atoms with Crippen molar-refractivity contribution >= 4 is 16.5 Å². The molecule has 0 unspecified atom stereocenters. The van der Waals surface area contributed by atoms with Crippen LogP contribution in [0.3, 0.4) is 0 Å². The minimum Gasteiger partial charge on any atom is -0.351 e. The van der Waals surface area contributed by atoms with Gasteiger partial charge < -0.3 is 10.2 Å². The fourth-order valence-electron chi connectivity index (χ4n) is 1.81. The highest BCUT2D eigenvalue weighted by atomic mass is 32.1. The van der Waals surface area contributed by atoms with E-state index in [0.29, 0.717) is 0 Å². The van der Waals surface area contributed by atoms with Crippen molar-refractivity contribution in [3.8, 4) is 0 Å². The molecule has 0 aliphatic heterocycles. The van der Waals surface area contributed by atoms with Crippen LogP contribution in [-0.4, -0.2) is 24.6 Å². The summed E-state index contributed by atoms with van der Waals surface area (Å²) < 4.78 is 0. The average Bonchev–Trinajstić information content (AvgIpc) is 3.07. The number of rotatable bonds is 7. The molecule has 0 saturated heterocycles. The highest BCUT2D eigenvalue weighted by Gasteiger charge is 2.21. The predicted molar refractivity (Wildman–Crippen MR) is 79.4 cm³/mol. The van der Waals surface area contributed by atoms with Gasteiger partial charge in [-0.15, -0.1) is 11.3 Å². The standard InChI is InChI=1S/C14H25N3S/c1-10(2)7-8-17(4)14-16-11(3)13(18-14)9-15-12-5-6-12/h10,12,15H,5-9H2,1-4H3. The molecule has 1 saturated carbocycles. The number of aryl methyl sites for hydroxylation is 1. The summed E-state index contributed by atoms with van der Waals surface area (Å²) in [5.74, 6) is 0.754. The van der Waals surface area contributed by atoms with E-state index in [2.05, 4.69) is 38.0 Å². The molecule has 1 aliphatic rings. The highest BCUT2D eigenvalue weighted by Crippen LogP contribution is 2.27. The van der Waals surface area contributed by atoms with Crippen LogP contribution in [0.25, 0.3) is 0 Å². The van der Waals surface area contributed by atoms with Crippen molar-refractivity contribution in [1.29, 1.82) is 0 Å². The number of anilines is 1. The maximum atomic E-state index is 4.69. The first kappa shape index (κ1) is 13.8. The first-order chi connectivity index (χ1) is 8.56. The monoisotopic (exact) mass is 267 g/mol. The van der Waals surface area contributed by atoms with Gasteiger partial charge in [0.1, 0.15) is 0 Å². The highest BCUT2D eigenvalue weighted by molar-refractivity contribution is 7.15. The molecule has 0 spiro atoms. The quantitative estimate of drug-likeness (QED) is 0.822. The van der Waals surface area contributed by atoms with E-state index in [4.69, 9.17) is 4.98 Å². The minimum absolute atomic E-state index is 0.754. The van der Waals surface area contributed by atoms with Gasteiger partial charge in [0.05, 0.1) is 5.69 Å². The van der Waals surface area contributed by atoms with E-state index in [0.717, 1.165) is 25.0 Å². The molecule has 1 aliphatic carbocycles. The van der Waals surface area contributed by atoms with Crippen molar-refractivity contribution in [2.75, 3.05) is 18.5 Å². The number of nitrogens with one attached hydrogen (secondary N) is 1. The topological polar surface area (TPSA) is 28.2 Å². The number of aromatic nitrogens is 1. The third-order valence-corrected chi connectivity index (χ3v) is 4.65. The molecule has 1 N–H and O–H groups in total. The Labute approximate surface area is 115 Å². The zero-order valence-electron chi connectivity index (χ0n) is 12.0. The Morgan fingerprint density at radius 3 is 2.78 bits per heavy atom. The Kier molecular flexibility index (Phi) is 4.62. The molecule has 4 heteroatoms. The zero-order valence-corrected chi connectivity index (χ0v) is 12.8. The smallest absolute Gasteiger partial charge is 0.185 e. The lowest BCUT2D eigenvalue weighted by Gasteiger charge is -2.16. The summed E-state index contributed by atoms with van der Waals surface area (Å²) in [6, 6.07) is 0.772. The number of hydrogen-bond acceptors (Lipinski definition) is 4. The Morgan fingerprint density at radius 2 is 2.17 bits per heavy atom. The van der Waals surface area contributed by atoms with Gasteiger partial charge in [-0.05, 0) is 32.1 Å². The normalized spacial score (nSPS) is 15.4. The second kappa shape index (κ2) is 6.02. The second-order valence-corrected chi connectivity index (χ2v) is 6.83. The molecule has 18 heavy (non-hydrogen) atoms. The van der Waals surface area contributed by atoms with Crippen LogP contribution in [0.2, 0.25) is 0 Å². The van der Waals surface area contributed by atoms with E-state index < -0.39 is 0 Å². The van der Waals surface area contributed by atoms with Gasteiger partial charge in [-0.1, -0.05) is 13.8 Å². The lowest BCUT2D eigenvalue weighted by molar-refractivity contribution is 0.585. The van der Waals surface area contributed by atoms with Gasteiger partial charge in [-0.25, -0.2) is 4.98 Å². The second-order valence-electron chi connectivity index (χ2n) is 5.76. The molecule has 1 heterocycles. The maximum absolute atomic E-state index is 4.69. The van der Waals surface area contributed by atoms with Crippen LogP contribution in [0.5, 0.6) is 0 Å². The Bertz CT molecular complexity index is 382. The molecule has 1 fully saturated rings. The van der Waals surface area contributed by atoms with Crippen LogP contribution in [0.15, 0.2) is 0 Å². The number of hydrogen-bond donors (Lipinski definition) is 1. The van der Waals surface area contributed by atoms with E-state index in [1.807, 2.05) is 11.3 Å². The molecular weight excluding hydrogens is 242 g/mol. The van der Waals surface area contributed by atoms with Gasteiger partial charge in [-0.3, -0.25) is 0 Å². The number of thiazole rings is 1. The van der Waals surface area contributed by atoms with E-state index in [9.17, 15) is 0 Å². The third kappa shape index (κ3) is 3.95. The Morgan fingerprint density at radius 1 is 1.44 bits per heavy atom. The zero-order chi connectivity index (χ0) is 13.1. The lowest BCUT2D eigenvalue weighted by atomic mass is 10.1. The predicted octanol–water partition coefficient (Wildman–Crippen LogP) is 3.19. The van der Waals surface area contributed by atoms with Gasteiger partial charge in [0.25, 0.3) is 0 Å². The van der Waals surface area contributed by atoms with Gasteiger partial charge in [-0.2, -0.15) is 0 Å². The van der Waals surface area contributed by atoms with Crippen LogP contribution >= 0.6 is 11.3 Å². The molecule has 0 atom stereocenters. The Hall–Kier alpha value is -0.610. The van der Waals surface area contributed by atoms with Crippen molar-refractivity contribution in [3.63, 3.8) is 0 Å². The van der Waals surface area contributed by atoms with E-state index in [1.165, 1.54) is 35.0 Å². The minimum atomic E-state index is 0.754. The van der Waals surface area contributed by atoms with Crippen molar-refractivity contribution in [3.05, 3.63) is 10.6 Å². The van der Waals surface area contributed by atoms with Crippen molar-refractivity contribution < 1.29 is 0 Å². The van der Waals surface area contributed by atoms with Crippen LogP contribution in [0.4, 0.5) is 5.13 Å². The lowest BCUT2D eigenvalue weighted by Crippen LogP contribution is -2.19. The average molecular weight is 267 g/mol. The third-order valence-electron chi connectivity index (χ3n) is 3.38. The molecule has 102 valence electrons. The van der Waals surface area contributed by atoms with Crippen molar-refractivity contribution in [2.24, 2.45) is 5.92 Å². The molecular formula is C14H25N3S. The van der Waals surface area contributed by atoms with Crippen LogP contribution in [0, 0.1) is 12.8 Å². The molecule has 1 aromatic rings. The summed E-state index contributed by atoms with van der Waals surface area (Å²) in [5, 5.41) is 4.74. The fourth-order valence-corrected chi connectivity index (χ4v) is 2.81. The van der Waals surface area contributed by atoms with Gasteiger partial charge in [0.2, 0.25) is 0 Å². The van der Waals surface area contributed by atoms with Crippen LogP contribution in [-0.2, 0) is 6.54 Å². The molecule has 0 bridgehead atoms. The molecule has 0 amide bonds. The molecule has 0 aromatic carbocycles. The van der Waals surface area contributed by atoms with Crippen LogP contribution < -0.4 is 10.2 Å². The van der Waals surface area contributed by atoms with Gasteiger partial charge >= 0.3 is 0 Å². The molecule has 3 nitrogen and oxygen atoms in total. The summed E-state index contributed by atoms with van der Waals surface area (Å²) in [4.78, 5) is 8.38. The molecule has 2 rings (SSSR count). The summed E-state index contributed by atoms with van der Waals surface area (Å²) >= 11 is 1.84.